The Hall–Kier alpha value is -2.39. The van der Waals surface area contributed by atoms with Crippen LogP contribution in [0.15, 0.2) is 72.1 Å². The Morgan fingerprint density at radius 1 is 1.04 bits per heavy atom. The number of carbonyl (C=O) groups excluding carboxylic acids is 1. The molecule has 1 aromatic heterocycles. The van der Waals surface area contributed by atoms with Gasteiger partial charge in [-0.1, -0.05) is 30.4 Å². The molecule has 3 aromatic rings. The Bertz CT molecular complexity index is 1070. The summed E-state index contributed by atoms with van der Waals surface area (Å²) in [5.41, 5.74) is 0.203. The van der Waals surface area contributed by atoms with Crippen molar-refractivity contribution in [3.8, 4) is 4.90 Å². The van der Waals surface area contributed by atoms with Crippen molar-refractivity contribution in [3.05, 3.63) is 77.7 Å². The topological polar surface area (TPSA) is 26.3 Å². The molecule has 1 fully saturated rings. The van der Waals surface area contributed by atoms with Crippen LogP contribution in [0.1, 0.15) is 37.0 Å². The van der Waals surface area contributed by atoms with Crippen molar-refractivity contribution in [2.75, 3.05) is 0 Å². The van der Waals surface area contributed by atoms with E-state index in [0.29, 0.717) is 23.3 Å². The van der Waals surface area contributed by atoms with E-state index in [1.165, 1.54) is 16.5 Å². The summed E-state index contributed by atoms with van der Waals surface area (Å²) in [5.74, 6) is 1.44. The van der Waals surface area contributed by atoms with Crippen LogP contribution < -0.4 is 0 Å². The molecule has 5 rings (SSSR count). The first-order chi connectivity index (χ1) is 13.5. The van der Waals surface area contributed by atoms with E-state index in [1.807, 2.05) is 18.2 Å². The standard InChI is InChI=1S/C25H25O2S/c1-25(2,22-15-17-10-11-19(22)14-17)27-24(26)20-7-5-8-21(16-20)28-13-12-18-6-3-4-9-23(18)28/h3-13,16-17,19,22H,14-15H2,1-2H3/q+1. The van der Waals surface area contributed by atoms with E-state index in [4.69, 9.17) is 4.74 Å². The minimum atomic E-state index is -0.445. The number of rotatable bonds is 4. The zero-order valence-corrected chi connectivity index (χ0v) is 17.1. The number of benzene rings is 2. The third kappa shape index (κ3) is 2.98. The number of ether oxygens (including phenoxy) is 1. The highest BCUT2D eigenvalue weighted by Crippen LogP contribution is 2.49. The minimum Gasteiger partial charge on any atom is -0.456 e. The fourth-order valence-electron chi connectivity index (χ4n) is 4.95. The summed E-state index contributed by atoms with van der Waals surface area (Å²) in [5, 5.41) is 3.50. The lowest BCUT2D eigenvalue weighted by Gasteiger charge is -2.35. The fraction of sp³-hybridized carbons (Fsp3) is 0.320. The van der Waals surface area contributed by atoms with Crippen LogP contribution in [0.4, 0.5) is 0 Å². The molecule has 2 bridgehead atoms. The van der Waals surface area contributed by atoms with Gasteiger partial charge in [-0.3, -0.25) is 0 Å². The smallest absolute Gasteiger partial charge is 0.338 e. The average molecular weight is 390 g/mol. The lowest BCUT2D eigenvalue weighted by molar-refractivity contribution is -0.0360. The van der Waals surface area contributed by atoms with E-state index in [-0.39, 0.29) is 16.4 Å². The van der Waals surface area contributed by atoms with Gasteiger partial charge >= 0.3 is 5.97 Å². The van der Waals surface area contributed by atoms with Crippen molar-refractivity contribution in [2.24, 2.45) is 17.8 Å². The Kier molecular flexibility index (Phi) is 4.17. The molecular weight excluding hydrogens is 364 g/mol. The van der Waals surface area contributed by atoms with Crippen LogP contribution in [-0.2, 0) is 4.74 Å². The normalized spacial score (nSPS) is 24.1. The lowest BCUT2D eigenvalue weighted by Crippen LogP contribution is -2.38. The summed E-state index contributed by atoms with van der Waals surface area (Å²) >= 11 is 0. The predicted molar refractivity (Wildman–Crippen MR) is 116 cm³/mol. The molecule has 2 aromatic carbocycles. The molecule has 0 spiro atoms. The molecule has 0 aliphatic heterocycles. The number of hydrogen-bond donors (Lipinski definition) is 0. The largest absolute Gasteiger partial charge is 0.456 e. The average Bonchev–Trinajstić information content (AvgIpc) is 3.43. The summed E-state index contributed by atoms with van der Waals surface area (Å²) in [6, 6.07) is 18.6. The Morgan fingerprint density at radius 2 is 1.89 bits per heavy atom. The molecule has 1 saturated carbocycles. The summed E-state index contributed by atoms with van der Waals surface area (Å²) in [4.78, 5) is 14.1. The van der Waals surface area contributed by atoms with Crippen LogP contribution in [0.2, 0.25) is 0 Å². The SMILES string of the molecule is CC(C)(OC(=O)c1cccc(-[s+]2ccc3ccccc32)c1)C1CC2C=CC1C2. The van der Waals surface area contributed by atoms with E-state index in [0.717, 1.165) is 11.3 Å². The second-order valence-corrected chi connectivity index (χ2v) is 10.4. The van der Waals surface area contributed by atoms with Crippen LogP contribution in [0.25, 0.3) is 15.0 Å². The maximum atomic E-state index is 13.0. The highest BCUT2D eigenvalue weighted by Gasteiger charge is 2.46. The summed E-state index contributed by atoms with van der Waals surface area (Å²) in [6.07, 6.45) is 7.00. The lowest BCUT2D eigenvalue weighted by atomic mass is 9.80. The van der Waals surface area contributed by atoms with Crippen molar-refractivity contribution in [2.45, 2.75) is 32.3 Å². The number of thiophene rings is 1. The Balaban J connectivity index is 1.40. The molecule has 2 aliphatic rings. The molecule has 0 N–H and O–H groups in total. The van der Waals surface area contributed by atoms with Crippen molar-refractivity contribution in [1.29, 1.82) is 0 Å². The predicted octanol–water partition coefficient (Wildman–Crippen LogP) is 6.73. The van der Waals surface area contributed by atoms with Gasteiger partial charge in [0.15, 0.2) is 9.60 Å². The van der Waals surface area contributed by atoms with Gasteiger partial charge in [-0.25, -0.2) is 4.79 Å². The highest BCUT2D eigenvalue weighted by molar-refractivity contribution is 7.43. The van der Waals surface area contributed by atoms with Crippen LogP contribution in [-0.4, -0.2) is 11.6 Å². The van der Waals surface area contributed by atoms with Crippen LogP contribution >= 0.6 is 10.5 Å². The molecule has 0 radical (unpaired) electrons. The van der Waals surface area contributed by atoms with E-state index in [9.17, 15) is 4.79 Å². The monoisotopic (exact) mass is 389 g/mol. The molecule has 0 saturated heterocycles. The van der Waals surface area contributed by atoms with Gasteiger partial charge in [0, 0.05) is 33.9 Å². The van der Waals surface area contributed by atoms with Crippen molar-refractivity contribution < 1.29 is 9.53 Å². The molecule has 0 amide bonds. The first-order valence-electron chi connectivity index (χ1n) is 10.0. The maximum Gasteiger partial charge on any atom is 0.338 e. The Morgan fingerprint density at radius 3 is 2.68 bits per heavy atom. The van der Waals surface area contributed by atoms with Gasteiger partial charge in [-0.05, 0) is 62.8 Å². The van der Waals surface area contributed by atoms with E-state index in [1.54, 1.807) is 0 Å². The summed E-state index contributed by atoms with van der Waals surface area (Å²) in [6.45, 7) is 4.15. The molecule has 4 atom stereocenters. The van der Waals surface area contributed by atoms with Crippen LogP contribution in [0.3, 0.4) is 0 Å². The molecule has 3 heteroatoms. The zero-order chi connectivity index (χ0) is 19.3. The number of carbonyl (C=O) groups is 1. The minimum absolute atomic E-state index is 0.116. The maximum absolute atomic E-state index is 13.0. The third-order valence-electron chi connectivity index (χ3n) is 6.39. The Labute approximate surface area is 168 Å². The number of hydrogen-bond acceptors (Lipinski definition) is 2. The van der Waals surface area contributed by atoms with Crippen molar-refractivity contribution in [3.63, 3.8) is 0 Å². The second kappa shape index (κ2) is 6.59. The molecule has 142 valence electrons. The van der Waals surface area contributed by atoms with Gasteiger partial charge in [0.05, 0.1) is 5.56 Å². The molecule has 2 aliphatic carbocycles. The summed E-state index contributed by atoms with van der Waals surface area (Å²) in [7, 11) is -0.116. The van der Waals surface area contributed by atoms with Gasteiger partial charge in [-0.15, -0.1) is 0 Å². The number of esters is 1. The van der Waals surface area contributed by atoms with Crippen molar-refractivity contribution >= 4 is 26.5 Å². The molecule has 2 nitrogen and oxygen atoms in total. The van der Waals surface area contributed by atoms with Gasteiger partial charge in [0.2, 0.25) is 0 Å². The number of allylic oxidation sites excluding steroid dienone is 2. The van der Waals surface area contributed by atoms with Gasteiger partial charge in [0.25, 0.3) is 0 Å². The highest BCUT2D eigenvalue weighted by atomic mass is 32.2. The quantitative estimate of drug-likeness (QED) is 0.281. The number of fused-ring (bicyclic) bond motifs is 3. The van der Waals surface area contributed by atoms with Crippen LogP contribution in [0.5, 0.6) is 0 Å². The van der Waals surface area contributed by atoms with E-state index >= 15 is 0 Å². The third-order valence-corrected chi connectivity index (χ3v) is 8.41. The van der Waals surface area contributed by atoms with Gasteiger partial charge in [0.1, 0.15) is 11.0 Å². The molecule has 1 heterocycles. The zero-order valence-electron chi connectivity index (χ0n) is 16.3. The van der Waals surface area contributed by atoms with Crippen LogP contribution in [0, 0.1) is 17.8 Å². The second-order valence-electron chi connectivity index (χ2n) is 8.59. The molecule has 4 unspecified atom stereocenters. The summed E-state index contributed by atoms with van der Waals surface area (Å²) < 4.78 is 7.38. The fourth-order valence-corrected chi connectivity index (χ4v) is 6.89. The molecule has 28 heavy (non-hydrogen) atoms. The van der Waals surface area contributed by atoms with Gasteiger partial charge in [-0.2, -0.15) is 0 Å². The molecular formula is C25H25O2S+. The van der Waals surface area contributed by atoms with Crippen molar-refractivity contribution in [1.82, 2.24) is 0 Å². The first kappa shape index (κ1) is 17.7. The van der Waals surface area contributed by atoms with E-state index < -0.39 is 5.60 Å². The van der Waals surface area contributed by atoms with E-state index in [2.05, 4.69) is 67.8 Å². The van der Waals surface area contributed by atoms with Gasteiger partial charge < -0.3 is 4.74 Å². The first-order valence-corrected chi connectivity index (χ1v) is 11.3.